The van der Waals surface area contributed by atoms with E-state index in [1.165, 1.54) is 6.42 Å². The Bertz CT molecular complexity index is 481. The van der Waals surface area contributed by atoms with Crippen molar-refractivity contribution in [3.63, 3.8) is 0 Å². The molecule has 1 atom stereocenters. The number of nitrogens with one attached hydrogen (secondary N) is 2. The van der Waals surface area contributed by atoms with Crippen LogP contribution in [0.3, 0.4) is 0 Å². The molecule has 1 fully saturated rings. The number of likely N-dealkylation sites (tertiary alicyclic amines) is 1. The first-order valence-electron chi connectivity index (χ1n) is 6.84. The highest BCUT2D eigenvalue weighted by molar-refractivity contribution is 6.42. The molecule has 1 aromatic carbocycles. The van der Waals surface area contributed by atoms with Crippen molar-refractivity contribution in [2.75, 3.05) is 25.0 Å². The molecule has 0 aliphatic carbocycles. The van der Waals surface area contributed by atoms with Gasteiger partial charge in [0.05, 0.1) is 10.0 Å². The Kier molecular flexibility index (Phi) is 5.52. The summed E-state index contributed by atoms with van der Waals surface area (Å²) in [4.78, 5) is 14.2. The van der Waals surface area contributed by atoms with Gasteiger partial charge in [-0.15, -0.1) is 0 Å². The summed E-state index contributed by atoms with van der Waals surface area (Å²) in [6, 6.07) is 5.25. The predicted octanol–water partition coefficient (Wildman–Crippen LogP) is 3.60. The number of anilines is 1. The molecule has 2 amide bonds. The van der Waals surface area contributed by atoms with Crippen LogP contribution in [-0.2, 0) is 0 Å². The fraction of sp³-hybridized carbons (Fsp3) is 0.500. The highest BCUT2D eigenvalue weighted by atomic mass is 35.5. The molecule has 0 bridgehead atoms. The van der Waals surface area contributed by atoms with E-state index in [-0.39, 0.29) is 6.03 Å². The lowest BCUT2D eigenvalue weighted by Gasteiger charge is -2.22. The summed E-state index contributed by atoms with van der Waals surface area (Å²) in [5, 5.41) is 6.56. The summed E-state index contributed by atoms with van der Waals surface area (Å²) in [6.07, 6.45) is 2.34. The smallest absolute Gasteiger partial charge is 0.319 e. The molecule has 2 rings (SSSR count). The van der Waals surface area contributed by atoms with Gasteiger partial charge >= 0.3 is 6.03 Å². The van der Waals surface area contributed by atoms with E-state index in [9.17, 15) is 4.79 Å². The van der Waals surface area contributed by atoms with Crippen LogP contribution in [-0.4, -0.2) is 36.6 Å². The minimum Gasteiger partial charge on any atom is -0.336 e. The van der Waals surface area contributed by atoms with Gasteiger partial charge in [0.1, 0.15) is 0 Å². The molecular formula is C14H19Cl2N3O. The molecule has 20 heavy (non-hydrogen) atoms. The molecule has 1 aliphatic heterocycles. The number of hydrogen-bond acceptors (Lipinski definition) is 2. The highest BCUT2D eigenvalue weighted by Crippen LogP contribution is 2.24. The Labute approximate surface area is 129 Å². The molecule has 1 aliphatic rings. The van der Waals surface area contributed by atoms with Gasteiger partial charge in [-0.1, -0.05) is 30.1 Å². The second-order valence-electron chi connectivity index (χ2n) is 4.89. The first-order valence-corrected chi connectivity index (χ1v) is 7.59. The number of likely N-dealkylation sites (N-methyl/N-ethyl adjacent to an activating group) is 1. The Hall–Kier alpha value is -0.970. The van der Waals surface area contributed by atoms with Crippen molar-refractivity contribution in [3.05, 3.63) is 28.2 Å². The average molecular weight is 316 g/mol. The molecular weight excluding hydrogens is 297 g/mol. The Morgan fingerprint density at radius 2 is 2.20 bits per heavy atom. The SMILES string of the molecule is CCN1CCC[C@@H]1CNC(=O)Nc1ccc(Cl)c(Cl)c1. The van der Waals surface area contributed by atoms with Crippen molar-refractivity contribution in [1.29, 1.82) is 0 Å². The van der Waals surface area contributed by atoms with E-state index in [1.54, 1.807) is 18.2 Å². The van der Waals surface area contributed by atoms with Crippen LogP contribution in [0.5, 0.6) is 0 Å². The van der Waals surface area contributed by atoms with Crippen molar-refractivity contribution in [1.82, 2.24) is 10.2 Å². The van der Waals surface area contributed by atoms with Gasteiger partial charge < -0.3 is 10.6 Å². The second-order valence-corrected chi connectivity index (χ2v) is 5.70. The van der Waals surface area contributed by atoms with Crippen LogP contribution < -0.4 is 10.6 Å². The summed E-state index contributed by atoms with van der Waals surface area (Å²) < 4.78 is 0. The minimum atomic E-state index is -0.216. The van der Waals surface area contributed by atoms with Gasteiger partial charge in [-0.25, -0.2) is 4.79 Å². The van der Waals surface area contributed by atoms with Crippen LogP contribution in [0.4, 0.5) is 10.5 Å². The first kappa shape index (κ1) is 15.4. The van der Waals surface area contributed by atoms with Gasteiger partial charge in [-0.3, -0.25) is 4.90 Å². The molecule has 4 nitrogen and oxygen atoms in total. The summed E-state index contributed by atoms with van der Waals surface area (Å²) in [7, 11) is 0. The molecule has 110 valence electrons. The minimum absolute atomic E-state index is 0.216. The number of amides is 2. The Morgan fingerprint density at radius 3 is 2.90 bits per heavy atom. The zero-order valence-electron chi connectivity index (χ0n) is 11.5. The maximum absolute atomic E-state index is 11.8. The molecule has 6 heteroatoms. The molecule has 1 saturated heterocycles. The fourth-order valence-electron chi connectivity index (χ4n) is 2.50. The van der Waals surface area contributed by atoms with E-state index in [2.05, 4.69) is 22.5 Å². The van der Waals surface area contributed by atoms with E-state index in [4.69, 9.17) is 23.2 Å². The lowest BCUT2D eigenvalue weighted by atomic mass is 10.2. The Morgan fingerprint density at radius 1 is 1.40 bits per heavy atom. The lowest BCUT2D eigenvalue weighted by Crippen LogP contribution is -2.41. The van der Waals surface area contributed by atoms with Gasteiger partial charge in [0.2, 0.25) is 0 Å². The van der Waals surface area contributed by atoms with E-state index in [0.29, 0.717) is 28.3 Å². The number of benzene rings is 1. The van der Waals surface area contributed by atoms with Crippen LogP contribution in [0.25, 0.3) is 0 Å². The van der Waals surface area contributed by atoms with Crippen molar-refractivity contribution in [2.24, 2.45) is 0 Å². The van der Waals surface area contributed by atoms with Gasteiger partial charge in [-0.2, -0.15) is 0 Å². The molecule has 1 heterocycles. The topological polar surface area (TPSA) is 44.4 Å². The third-order valence-corrected chi connectivity index (χ3v) is 4.32. The first-order chi connectivity index (χ1) is 9.60. The molecule has 0 spiro atoms. The van der Waals surface area contributed by atoms with Crippen molar-refractivity contribution in [2.45, 2.75) is 25.8 Å². The third-order valence-electron chi connectivity index (χ3n) is 3.58. The van der Waals surface area contributed by atoms with Gasteiger partial charge in [-0.05, 0) is 44.1 Å². The second kappa shape index (κ2) is 7.16. The summed E-state index contributed by atoms with van der Waals surface area (Å²) in [5.74, 6) is 0. The van der Waals surface area contributed by atoms with Crippen LogP contribution in [0, 0.1) is 0 Å². The molecule has 1 aromatic rings. The number of halogens is 2. The standard InChI is InChI=1S/C14H19Cl2N3O/c1-2-19-7-3-4-11(19)9-17-14(20)18-10-5-6-12(15)13(16)8-10/h5-6,8,11H,2-4,7,9H2,1H3,(H2,17,18,20)/t11-/m1/s1. The third kappa shape index (κ3) is 4.01. The van der Waals surface area contributed by atoms with Gasteiger partial charge in [0.25, 0.3) is 0 Å². The fourth-order valence-corrected chi connectivity index (χ4v) is 2.80. The predicted molar refractivity (Wildman–Crippen MR) is 83.8 cm³/mol. The summed E-state index contributed by atoms with van der Waals surface area (Å²) in [6.45, 7) is 4.97. The van der Waals surface area contributed by atoms with Crippen molar-refractivity contribution >= 4 is 34.9 Å². The van der Waals surface area contributed by atoms with Crippen molar-refractivity contribution in [3.8, 4) is 0 Å². The average Bonchev–Trinajstić information content (AvgIpc) is 2.88. The number of rotatable bonds is 4. The number of urea groups is 1. The van der Waals surface area contributed by atoms with Crippen LogP contribution in [0.1, 0.15) is 19.8 Å². The van der Waals surface area contributed by atoms with Crippen LogP contribution in [0.15, 0.2) is 18.2 Å². The normalized spacial score (nSPS) is 19.1. The monoisotopic (exact) mass is 315 g/mol. The quantitative estimate of drug-likeness (QED) is 0.891. The van der Waals surface area contributed by atoms with E-state index in [1.807, 2.05) is 0 Å². The maximum atomic E-state index is 11.8. The molecule has 0 radical (unpaired) electrons. The lowest BCUT2D eigenvalue weighted by molar-refractivity contribution is 0.238. The van der Waals surface area contributed by atoms with Crippen LogP contribution >= 0.6 is 23.2 Å². The molecule has 0 unspecified atom stereocenters. The zero-order valence-corrected chi connectivity index (χ0v) is 13.0. The molecule has 0 saturated carbocycles. The number of carbonyl (C=O) groups is 1. The zero-order chi connectivity index (χ0) is 14.5. The van der Waals surface area contributed by atoms with Gasteiger partial charge in [0, 0.05) is 18.3 Å². The highest BCUT2D eigenvalue weighted by Gasteiger charge is 2.23. The largest absolute Gasteiger partial charge is 0.336 e. The van der Waals surface area contributed by atoms with Gasteiger partial charge in [0.15, 0.2) is 0 Å². The maximum Gasteiger partial charge on any atom is 0.319 e. The van der Waals surface area contributed by atoms with Crippen LogP contribution in [0.2, 0.25) is 10.0 Å². The number of hydrogen-bond donors (Lipinski definition) is 2. The van der Waals surface area contributed by atoms with E-state index < -0.39 is 0 Å². The Balaban J connectivity index is 1.81. The summed E-state index contributed by atoms with van der Waals surface area (Å²) in [5.41, 5.74) is 0.635. The molecule has 2 N–H and O–H groups in total. The summed E-state index contributed by atoms with van der Waals surface area (Å²) >= 11 is 11.7. The van der Waals surface area contributed by atoms with E-state index >= 15 is 0 Å². The molecule has 0 aromatic heterocycles. The number of carbonyl (C=O) groups excluding carboxylic acids is 1. The van der Waals surface area contributed by atoms with E-state index in [0.717, 1.165) is 19.5 Å². The van der Waals surface area contributed by atoms with Crippen molar-refractivity contribution < 1.29 is 4.79 Å². The number of nitrogens with zero attached hydrogens (tertiary/aromatic N) is 1.